The van der Waals surface area contributed by atoms with Gasteiger partial charge in [-0.15, -0.1) is 10.2 Å². The summed E-state index contributed by atoms with van der Waals surface area (Å²) in [5, 5.41) is 14.1. The summed E-state index contributed by atoms with van der Waals surface area (Å²) in [5.41, 5.74) is 0.666. The zero-order valence-corrected chi connectivity index (χ0v) is 19.8. The van der Waals surface area contributed by atoms with Crippen LogP contribution in [0, 0.1) is 5.82 Å². The molecule has 0 N–H and O–H groups in total. The maximum absolute atomic E-state index is 13.1. The highest BCUT2D eigenvalue weighted by Gasteiger charge is 2.20. The quantitative estimate of drug-likeness (QED) is 0.241. The van der Waals surface area contributed by atoms with Gasteiger partial charge in [-0.2, -0.15) is 4.98 Å². The first-order valence-corrected chi connectivity index (χ1v) is 12.0. The van der Waals surface area contributed by atoms with E-state index >= 15 is 0 Å². The molecule has 2 heterocycles. The molecule has 4 rings (SSSR count). The topological polar surface area (TPSA) is 78.9 Å². The molecule has 0 spiro atoms. The number of hydrogen-bond donors (Lipinski definition) is 0. The Morgan fingerprint density at radius 1 is 1.09 bits per heavy atom. The van der Waals surface area contributed by atoms with Crippen LogP contribution < -0.4 is 4.74 Å². The number of para-hydroxylation sites is 1. The lowest BCUT2D eigenvalue weighted by molar-refractivity contribution is 0.278. The number of thioether (sulfide) groups is 1. The normalized spacial score (nSPS) is 11.3. The van der Waals surface area contributed by atoms with Gasteiger partial charge in [-0.1, -0.05) is 54.5 Å². The van der Waals surface area contributed by atoms with Gasteiger partial charge in [0.1, 0.15) is 18.2 Å². The number of aromatic nitrogens is 5. The van der Waals surface area contributed by atoms with E-state index in [4.69, 9.17) is 20.9 Å². The van der Waals surface area contributed by atoms with E-state index in [0.29, 0.717) is 33.8 Å². The maximum atomic E-state index is 13.1. The monoisotopic (exact) mass is 487 g/mol. The van der Waals surface area contributed by atoms with Gasteiger partial charge in [0.2, 0.25) is 0 Å². The minimum atomic E-state index is -0.316. The van der Waals surface area contributed by atoms with Crippen LogP contribution in [0.15, 0.2) is 58.2 Å². The Morgan fingerprint density at radius 3 is 2.58 bits per heavy atom. The molecule has 172 valence electrons. The van der Waals surface area contributed by atoms with Crippen LogP contribution in [0.25, 0.3) is 11.5 Å². The van der Waals surface area contributed by atoms with E-state index in [1.54, 1.807) is 18.2 Å². The first-order chi connectivity index (χ1) is 16.1. The highest BCUT2D eigenvalue weighted by atomic mass is 35.5. The number of hydrogen-bond acceptors (Lipinski definition) is 7. The molecule has 4 aromatic rings. The molecule has 0 aliphatic heterocycles. The Balaban J connectivity index is 1.49. The molecular weight excluding hydrogens is 465 g/mol. The fraction of sp³-hybridized carbons (Fsp3) is 0.304. The molecule has 0 saturated heterocycles. The van der Waals surface area contributed by atoms with Crippen molar-refractivity contribution in [3.05, 3.63) is 71.0 Å². The van der Waals surface area contributed by atoms with Gasteiger partial charge in [0.15, 0.2) is 16.8 Å². The van der Waals surface area contributed by atoms with Gasteiger partial charge in [0.25, 0.3) is 5.89 Å². The van der Waals surface area contributed by atoms with E-state index in [2.05, 4.69) is 38.8 Å². The van der Waals surface area contributed by atoms with Crippen molar-refractivity contribution < 1.29 is 13.7 Å². The summed E-state index contributed by atoms with van der Waals surface area (Å²) in [6.45, 7) is 4.52. The van der Waals surface area contributed by atoms with E-state index in [1.807, 2.05) is 18.2 Å². The van der Waals surface area contributed by atoms with Crippen molar-refractivity contribution in [3.63, 3.8) is 0 Å². The van der Waals surface area contributed by atoms with Crippen LogP contribution in [-0.2, 0) is 12.4 Å². The number of rotatable bonds is 10. The molecule has 0 radical (unpaired) electrons. The Labute approximate surface area is 200 Å². The molecule has 0 aliphatic carbocycles. The van der Waals surface area contributed by atoms with E-state index in [0.717, 1.165) is 23.8 Å². The second-order valence-electron chi connectivity index (χ2n) is 7.27. The van der Waals surface area contributed by atoms with E-state index < -0.39 is 0 Å². The van der Waals surface area contributed by atoms with Crippen molar-refractivity contribution in [1.82, 2.24) is 24.9 Å². The van der Waals surface area contributed by atoms with Crippen LogP contribution in [0.3, 0.4) is 0 Å². The molecule has 0 atom stereocenters. The van der Waals surface area contributed by atoms with Crippen LogP contribution in [0.2, 0.25) is 5.02 Å². The zero-order chi connectivity index (χ0) is 23.2. The van der Waals surface area contributed by atoms with Crippen molar-refractivity contribution in [1.29, 1.82) is 0 Å². The molecule has 10 heteroatoms. The Hall–Kier alpha value is -2.91. The summed E-state index contributed by atoms with van der Waals surface area (Å²) in [4.78, 5) is 4.41. The van der Waals surface area contributed by atoms with Crippen LogP contribution in [0.1, 0.15) is 44.4 Å². The minimum absolute atomic E-state index is 0.229. The highest BCUT2D eigenvalue weighted by Crippen LogP contribution is 2.30. The lowest BCUT2D eigenvalue weighted by Gasteiger charge is -2.19. The molecule has 0 bridgehead atoms. The molecule has 7 nitrogen and oxygen atoms in total. The Bertz CT molecular complexity index is 1190. The number of nitrogens with zero attached hydrogens (tertiary/aromatic N) is 5. The summed E-state index contributed by atoms with van der Waals surface area (Å²) in [6, 6.07) is 13.5. The molecular formula is C23H23ClFN5O2S. The summed E-state index contributed by atoms with van der Waals surface area (Å²) >= 11 is 7.69. The molecule has 0 fully saturated rings. The van der Waals surface area contributed by atoms with Crippen molar-refractivity contribution in [2.45, 2.75) is 50.2 Å². The summed E-state index contributed by atoms with van der Waals surface area (Å²) in [5.74, 6) is 2.34. The number of benzene rings is 2. The third-order valence-corrected chi connectivity index (χ3v) is 6.38. The fourth-order valence-electron chi connectivity index (χ4n) is 3.38. The maximum Gasteiger partial charge on any atom is 0.257 e. The SMILES string of the molecule is CCC(CC)n1c(COc2ccccc2Cl)nnc1SCc1noc(-c2ccc(F)cc2)n1. The van der Waals surface area contributed by atoms with Crippen molar-refractivity contribution >= 4 is 23.4 Å². The average Bonchev–Trinajstić information content (AvgIpc) is 3.46. The highest BCUT2D eigenvalue weighted by molar-refractivity contribution is 7.98. The summed E-state index contributed by atoms with van der Waals surface area (Å²) in [7, 11) is 0. The van der Waals surface area contributed by atoms with Crippen LogP contribution >= 0.6 is 23.4 Å². The van der Waals surface area contributed by atoms with Crippen molar-refractivity contribution in [2.24, 2.45) is 0 Å². The molecule has 0 amide bonds. The third kappa shape index (κ3) is 5.54. The largest absolute Gasteiger partial charge is 0.484 e. The predicted molar refractivity (Wildman–Crippen MR) is 125 cm³/mol. The molecule has 0 saturated carbocycles. The lowest BCUT2D eigenvalue weighted by atomic mass is 10.2. The molecule has 0 unspecified atom stereocenters. The van der Waals surface area contributed by atoms with Crippen LogP contribution in [0.4, 0.5) is 4.39 Å². The summed E-state index contributed by atoms with van der Waals surface area (Å²) < 4.78 is 26.5. The van der Waals surface area contributed by atoms with E-state index in [-0.39, 0.29) is 18.5 Å². The van der Waals surface area contributed by atoms with Gasteiger partial charge < -0.3 is 13.8 Å². The Morgan fingerprint density at radius 2 is 1.85 bits per heavy atom. The van der Waals surface area contributed by atoms with Crippen LogP contribution in [-0.4, -0.2) is 24.9 Å². The van der Waals surface area contributed by atoms with E-state index in [9.17, 15) is 4.39 Å². The zero-order valence-electron chi connectivity index (χ0n) is 18.2. The summed E-state index contributed by atoms with van der Waals surface area (Å²) in [6.07, 6.45) is 1.86. The average molecular weight is 488 g/mol. The van der Waals surface area contributed by atoms with Gasteiger partial charge in [-0.25, -0.2) is 4.39 Å². The van der Waals surface area contributed by atoms with Gasteiger partial charge in [-0.05, 0) is 49.2 Å². The van der Waals surface area contributed by atoms with Crippen LogP contribution in [0.5, 0.6) is 5.75 Å². The standard InChI is InChI=1S/C23H23ClFN5O2S/c1-3-17(4-2)30-21(13-31-19-8-6-5-7-18(19)24)27-28-23(30)33-14-20-26-22(32-29-20)15-9-11-16(25)12-10-15/h5-12,17H,3-4,13-14H2,1-2H3. The number of halogens is 2. The van der Waals surface area contributed by atoms with Crippen molar-refractivity contribution in [3.8, 4) is 17.2 Å². The molecule has 2 aromatic heterocycles. The molecule has 2 aromatic carbocycles. The fourth-order valence-corrected chi connectivity index (χ4v) is 4.44. The van der Waals surface area contributed by atoms with E-state index in [1.165, 1.54) is 23.9 Å². The smallest absolute Gasteiger partial charge is 0.257 e. The lowest BCUT2D eigenvalue weighted by Crippen LogP contribution is -2.14. The second kappa shape index (κ2) is 10.8. The second-order valence-corrected chi connectivity index (χ2v) is 8.62. The Kier molecular flexibility index (Phi) is 7.61. The first kappa shape index (κ1) is 23.3. The molecule has 33 heavy (non-hydrogen) atoms. The minimum Gasteiger partial charge on any atom is -0.484 e. The van der Waals surface area contributed by atoms with Gasteiger partial charge in [-0.3, -0.25) is 0 Å². The third-order valence-electron chi connectivity index (χ3n) is 5.13. The number of ether oxygens (including phenoxy) is 1. The van der Waals surface area contributed by atoms with Crippen molar-refractivity contribution in [2.75, 3.05) is 0 Å². The first-order valence-electron chi connectivity index (χ1n) is 10.6. The van der Waals surface area contributed by atoms with Gasteiger partial charge in [0.05, 0.1) is 10.8 Å². The van der Waals surface area contributed by atoms with Gasteiger partial charge >= 0.3 is 0 Å². The molecule has 0 aliphatic rings. The van der Waals surface area contributed by atoms with Gasteiger partial charge in [0, 0.05) is 11.6 Å². The predicted octanol–water partition coefficient (Wildman–Crippen LogP) is 6.35.